The molecular weight excluding hydrogens is 234 g/mol. The molecule has 0 fully saturated rings. The third-order valence-corrected chi connectivity index (χ3v) is 2.61. The van der Waals surface area contributed by atoms with Crippen molar-refractivity contribution in [3.8, 4) is 5.69 Å². The fraction of sp³-hybridized carbons (Fsp3) is 0.333. The lowest BCUT2D eigenvalue weighted by atomic mass is 10.2. The molecule has 2 aromatic rings. The Morgan fingerprint density at radius 2 is 2.11 bits per heavy atom. The van der Waals surface area contributed by atoms with Gasteiger partial charge in [0.05, 0.1) is 13.2 Å². The van der Waals surface area contributed by atoms with Crippen molar-refractivity contribution in [2.75, 3.05) is 13.2 Å². The van der Waals surface area contributed by atoms with Gasteiger partial charge in [-0.2, -0.15) is 0 Å². The zero-order valence-electron chi connectivity index (χ0n) is 10.1. The van der Waals surface area contributed by atoms with Crippen LogP contribution in [0.4, 0.5) is 0 Å². The molecule has 0 amide bonds. The Morgan fingerprint density at radius 3 is 2.78 bits per heavy atom. The monoisotopic (exact) mass is 250 g/mol. The number of H-pyrrole nitrogens is 1. The van der Waals surface area contributed by atoms with Crippen LogP contribution >= 0.6 is 0 Å². The summed E-state index contributed by atoms with van der Waals surface area (Å²) in [5.74, 6) is 0. The third kappa shape index (κ3) is 2.66. The van der Waals surface area contributed by atoms with Crippen LogP contribution in [0.5, 0.6) is 0 Å². The first-order valence-corrected chi connectivity index (χ1v) is 5.73. The Bertz CT molecular complexity index is 557. The molecule has 3 N–H and O–H groups in total. The van der Waals surface area contributed by atoms with Crippen LogP contribution in [0, 0.1) is 6.92 Å². The molecule has 1 aromatic carbocycles. The van der Waals surface area contributed by atoms with Crippen LogP contribution in [0.1, 0.15) is 11.3 Å². The number of hydrogen-bond acceptors (Lipinski definition) is 4. The number of rotatable bonds is 5. The second kappa shape index (κ2) is 5.61. The second-order valence-corrected chi connectivity index (χ2v) is 4.00. The SMILES string of the molecule is Cc1ccc(-[n+]2[nH]oc(=O)c2CNCCO)cc1. The van der Waals surface area contributed by atoms with Crippen LogP contribution in [-0.4, -0.2) is 23.5 Å². The van der Waals surface area contributed by atoms with Crippen LogP contribution in [0.2, 0.25) is 0 Å². The first kappa shape index (κ1) is 12.5. The Kier molecular flexibility index (Phi) is 3.91. The van der Waals surface area contributed by atoms with Crippen molar-refractivity contribution in [1.29, 1.82) is 0 Å². The number of aliphatic hydroxyl groups is 1. The smallest absolute Gasteiger partial charge is 0.395 e. The van der Waals surface area contributed by atoms with Crippen molar-refractivity contribution in [3.05, 3.63) is 45.9 Å². The molecule has 6 nitrogen and oxygen atoms in total. The fourth-order valence-corrected chi connectivity index (χ4v) is 1.63. The van der Waals surface area contributed by atoms with E-state index >= 15 is 0 Å². The van der Waals surface area contributed by atoms with Gasteiger partial charge in [0.25, 0.3) is 0 Å². The summed E-state index contributed by atoms with van der Waals surface area (Å²) in [4.78, 5) is 11.6. The Morgan fingerprint density at radius 1 is 1.39 bits per heavy atom. The van der Waals surface area contributed by atoms with Crippen molar-refractivity contribution < 1.29 is 14.3 Å². The van der Waals surface area contributed by atoms with Crippen molar-refractivity contribution in [2.45, 2.75) is 13.5 Å². The van der Waals surface area contributed by atoms with Gasteiger partial charge < -0.3 is 10.4 Å². The summed E-state index contributed by atoms with van der Waals surface area (Å²) in [6, 6.07) is 7.71. The molecule has 0 aliphatic carbocycles. The quantitative estimate of drug-likeness (QED) is 0.500. The Hall–Kier alpha value is -1.92. The van der Waals surface area contributed by atoms with Crippen molar-refractivity contribution in [2.24, 2.45) is 0 Å². The minimum atomic E-state index is -0.416. The maximum Gasteiger partial charge on any atom is 0.431 e. The highest BCUT2D eigenvalue weighted by Crippen LogP contribution is 2.02. The van der Waals surface area contributed by atoms with E-state index in [9.17, 15) is 4.79 Å². The topological polar surface area (TPSA) is 82.1 Å². The molecule has 0 saturated heterocycles. The highest BCUT2D eigenvalue weighted by atomic mass is 16.5. The molecule has 18 heavy (non-hydrogen) atoms. The number of aromatic amines is 1. The van der Waals surface area contributed by atoms with E-state index < -0.39 is 5.63 Å². The van der Waals surface area contributed by atoms with Crippen LogP contribution in [0.3, 0.4) is 0 Å². The average Bonchev–Trinajstić information content (AvgIpc) is 2.73. The normalized spacial score (nSPS) is 10.8. The summed E-state index contributed by atoms with van der Waals surface area (Å²) < 4.78 is 6.38. The van der Waals surface area contributed by atoms with E-state index in [4.69, 9.17) is 9.63 Å². The first-order valence-electron chi connectivity index (χ1n) is 5.73. The molecule has 0 saturated carbocycles. The first-order chi connectivity index (χ1) is 8.72. The summed E-state index contributed by atoms with van der Waals surface area (Å²) in [7, 11) is 0. The predicted octanol–water partition coefficient (Wildman–Crippen LogP) is -0.365. The van der Waals surface area contributed by atoms with E-state index in [1.807, 2.05) is 31.2 Å². The summed E-state index contributed by atoms with van der Waals surface area (Å²) in [6.45, 7) is 2.79. The van der Waals surface area contributed by atoms with Gasteiger partial charge in [0.2, 0.25) is 5.69 Å². The van der Waals surface area contributed by atoms with Gasteiger partial charge in [-0.3, -0.25) is 4.52 Å². The predicted molar refractivity (Wildman–Crippen MR) is 64.4 cm³/mol. The van der Waals surface area contributed by atoms with Crippen LogP contribution in [-0.2, 0) is 6.54 Å². The molecule has 0 atom stereocenters. The van der Waals surface area contributed by atoms with Gasteiger partial charge in [-0.1, -0.05) is 17.7 Å². The highest BCUT2D eigenvalue weighted by Gasteiger charge is 2.22. The van der Waals surface area contributed by atoms with Crippen LogP contribution in [0.25, 0.3) is 5.69 Å². The lowest BCUT2D eigenvalue weighted by Crippen LogP contribution is -2.41. The molecule has 1 aromatic heterocycles. The maximum atomic E-state index is 11.6. The number of aliphatic hydroxyl groups excluding tert-OH is 1. The van der Waals surface area contributed by atoms with Gasteiger partial charge in [-0.15, -0.1) is 0 Å². The van der Waals surface area contributed by atoms with Gasteiger partial charge in [0.15, 0.2) is 0 Å². The lowest BCUT2D eigenvalue weighted by Gasteiger charge is -1.97. The van der Waals surface area contributed by atoms with Crippen LogP contribution < -0.4 is 15.6 Å². The standard InChI is InChI=1S/C12H15N3O3/c1-9-2-4-10(5-3-9)15-11(8-13-6-7-16)12(17)18-14-15/h2-5,13,16H,6-8H2,1H3/p+1. The minimum Gasteiger partial charge on any atom is -0.395 e. The highest BCUT2D eigenvalue weighted by molar-refractivity contribution is 5.26. The average molecular weight is 250 g/mol. The van der Waals surface area contributed by atoms with E-state index in [1.165, 1.54) is 0 Å². The number of hydrogen-bond donors (Lipinski definition) is 3. The van der Waals surface area contributed by atoms with Crippen LogP contribution in [0.15, 0.2) is 33.6 Å². The largest absolute Gasteiger partial charge is 0.431 e. The Labute approximate surface area is 104 Å². The summed E-state index contributed by atoms with van der Waals surface area (Å²) >= 11 is 0. The van der Waals surface area contributed by atoms with Gasteiger partial charge in [0, 0.05) is 18.7 Å². The number of nitrogens with zero attached hydrogens (tertiary/aromatic N) is 1. The van der Waals surface area contributed by atoms with Gasteiger partial charge in [-0.05, 0) is 16.9 Å². The van der Waals surface area contributed by atoms with Crippen molar-refractivity contribution in [1.82, 2.24) is 10.6 Å². The molecule has 0 spiro atoms. The van der Waals surface area contributed by atoms with Gasteiger partial charge in [0.1, 0.15) is 0 Å². The van der Waals surface area contributed by atoms with E-state index in [0.29, 0.717) is 18.8 Å². The van der Waals surface area contributed by atoms with Gasteiger partial charge >= 0.3 is 11.3 Å². The summed E-state index contributed by atoms with van der Waals surface area (Å²) in [6.07, 6.45) is 0. The molecule has 0 unspecified atom stereocenters. The zero-order valence-corrected chi connectivity index (χ0v) is 10.1. The fourth-order valence-electron chi connectivity index (χ4n) is 1.63. The molecular formula is C12H16N3O3+. The molecule has 0 aliphatic rings. The van der Waals surface area contributed by atoms with E-state index in [0.717, 1.165) is 11.3 Å². The number of aryl methyl sites for hydroxylation is 1. The molecule has 96 valence electrons. The molecule has 0 bridgehead atoms. The van der Waals surface area contributed by atoms with Crippen molar-refractivity contribution in [3.63, 3.8) is 0 Å². The molecule has 6 heteroatoms. The summed E-state index contributed by atoms with van der Waals surface area (Å²) in [5.41, 5.74) is 2.02. The van der Waals surface area contributed by atoms with E-state index in [-0.39, 0.29) is 6.61 Å². The summed E-state index contributed by atoms with van der Waals surface area (Å²) in [5, 5.41) is 14.2. The third-order valence-electron chi connectivity index (χ3n) is 2.61. The minimum absolute atomic E-state index is 0.0281. The molecule has 1 heterocycles. The molecule has 2 rings (SSSR count). The van der Waals surface area contributed by atoms with E-state index in [1.54, 1.807) is 4.68 Å². The van der Waals surface area contributed by atoms with E-state index in [2.05, 4.69) is 10.6 Å². The molecule has 0 aliphatic heterocycles. The lowest BCUT2D eigenvalue weighted by molar-refractivity contribution is -0.677. The van der Waals surface area contributed by atoms with Gasteiger partial charge in [-0.25, -0.2) is 4.79 Å². The number of aromatic nitrogens is 2. The Balaban J connectivity index is 2.27. The number of benzene rings is 1. The molecule has 0 radical (unpaired) electrons. The maximum absolute atomic E-state index is 11.6. The number of nitrogens with one attached hydrogen (secondary N) is 2. The second-order valence-electron chi connectivity index (χ2n) is 4.00. The zero-order chi connectivity index (χ0) is 13.0. The van der Waals surface area contributed by atoms with Crippen molar-refractivity contribution >= 4 is 0 Å².